The van der Waals surface area contributed by atoms with Gasteiger partial charge >= 0.3 is 0 Å². The second kappa shape index (κ2) is 6.07. The van der Waals surface area contributed by atoms with E-state index in [1.54, 1.807) is 49.4 Å². The van der Waals surface area contributed by atoms with E-state index >= 15 is 0 Å². The van der Waals surface area contributed by atoms with Crippen LogP contribution in [0.4, 0.5) is 5.69 Å². The zero-order valence-corrected chi connectivity index (χ0v) is 12.4. The summed E-state index contributed by atoms with van der Waals surface area (Å²) >= 11 is 0. The van der Waals surface area contributed by atoms with Crippen molar-refractivity contribution < 1.29 is 13.2 Å². The highest BCUT2D eigenvalue weighted by atomic mass is 32.2. The van der Waals surface area contributed by atoms with Gasteiger partial charge < -0.3 is 5.32 Å². The molecule has 0 saturated heterocycles. The van der Waals surface area contributed by atoms with Gasteiger partial charge in [-0.2, -0.15) is 0 Å². The molecular formula is C15H16N2O3S. The molecule has 21 heavy (non-hydrogen) atoms. The van der Waals surface area contributed by atoms with Gasteiger partial charge in [-0.3, -0.25) is 4.79 Å². The number of amides is 1. The lowest BCUT2D eigenvalue weighted by atomic mass is 10.1. The van der Waals surface area contributed by atoms with Crippen molar-refractivity contribution in [2.45, 2.75) is 18.2 Å². The van der Waals surface area contributed by atoms with E-state index < -0.39 is 10.0 Å². The van der Waals surface area contributed by atoms with Crippen LogP contribution in [0.15, 0.2) is 53.4 Å². The monoisotopic (exact) mass is 304 g/mol. The van der Waals surface area contributed by atoms with E-state index in [2.05, 4.69) is 5.32 Å². The van der Waals surface area contributed by atoms with Gasteiger partial charge in [0.2, 0.25) is 15.9 Å². The van der Waals surface area contributed by atoms with Crippen LogP contribution in [0.3, 0.4) is 0 Å². The van der Waals surface area contributed by atoms with Crippen molar-refractivity contribution in [3.05, 3.63) is 48.5 Å². The predicted molar refractivity (Wildman–Crippen MR) is 82.2 cm³/mol. The Bertz CT molecular complexity index is 770. The van der Waals surface area contributed by atoms with Gasteiger partial charge in [0, 0.05) is 17.7 Å². The number of hydrogen-bond acceptors (Lipinski definition) is 3. The molecule has 5 nitrogen and oxygen atoms in total. The third-order valence-corrected chi connectivity index (χ3v) is 3.94. The molecule has 0 spiro atoms. The Balaban J connectivity index is 2.49. The first-order valence-electron chi connectivity index (χ1n) is 6.44. The first-order valence-corrected chi connectivity index (χ1v) is 7.98. The summed E-state index contributed by atoms with van der Waals surface area (Å²) in [6.45, 7) is 1.76. The second-order valence-electron chi connectivity index (χ2n) is 4.52. The van der Waals surface area contributed by atoms with Gasteiger partial charge in [0.15, 0.2) is 0 Å². The lowest BCUT2D eigenvalue weighted by Gasteiger charge is -2.10. The highest BCUT2D eigenvalue weighted by Gasteiger charge is 2.14. The number of carbonyl (C=O) groups is 1. The average molecular weight is 304 g/mol. The molecule has 2 aromatic rings. The third kappa shape index (κ3) is 3.68. The summed E-state index contributed by atoms with van der Waals surface area (Å²) in [5.74, 6) is -0.105. The van der Waals surface area contributed by atoms with Gasteiger partial charge in [-0.25, -0.2) is 13.6 Å². The normalized spacial score (nSPS) is 11.1. The van der Waals surface area contributed by atoms with Crippen molar-refractivity contribution in [3.63, 3.8) is 0 Å². The van der Waals surface area contributed by atoms with Gasteiger partial charge in [-0.15, -0.1) is 0 Å². The standard InChI is InChI=1S/C15H16N2O3S/c1-2-15(18)17-12-7-5-6-11(10-12)13-8-3-4-9-14(13)21(16,19)20/h3-10H,2H2,1H3,(H,17,18)(H2,16,19,20). The van der Waals surface area contributed by atoms with Gasteiger partial charge in [0.25, 0.3) is 0 Å². The van der Waals surface area contributed by atoms with Crippen LogP contribution in [-0.2, 0) is 14.8 Å². The predicted octanol–water partition coefficient (Wildman–Crippen LogP) is 2.35. The molecule has 1 amide bonds. The number of nitrogens with two attached hydrogens (primary N) is 1. The number of rotatable bonds is 4. The van der Waals surface area contributed by atoms with Crippen molar-refractivity contribution in [1.82, 2.24) is 0 Å². The van der Waals surface area contributed by atoms with Crippen LogP contribution in [0.1, 0.15) is 13.3 Å². The second-order valence-corrected chi connectivity index (χ2v) is 6.05. The highest BCUT2D eigenvalue weighted by Crippen LogP contribution is 2.28. The van der Waals surface area contributed by atoms with Gasteiger partial charge in [0.1, 0.15) is 0 Å². The van der Waals surface area contributed by atoms with Crippen LogP contribution < -0.4 is 10.5 Å². The molecule has 0 radical (unpaired) electrons. The maximum absolute atomic E-state index is 11.6. The average Bonchev–Trinajstić information content (AvgIpc) is 2.46. The number of carbonyl (C=O) groups excluding carboxylic acids is 1. The molecule has 0 aliphatic heterocycles. The molecule has 0 unspecified atom stereocenters. The van der Waals surface area contributed by atoms with Crippen molar-refractivity contribution >= 4 is 21.6 Å². The lowest BCUT2D eigenvalue weighted by molar-refractivity contribution is -0.115. The lowest BCUT2D eigenvalue weighted by Crippen LogP contribution is -2.13. The molecule has 0 heterocycles. The number of nitrogens with one attached hydrogen (secondary N) is 1. The maximum atomic E-state index is 11.6. The molecule has 0 saturated carbocycles. The molecule has 2 rings (SSSR count). The summed E-state index contributed by atoms with van der Waals surface area (Å²) in [6.07, 6.45) is 0.373. The molecule has 2 aromatic carbocycles. The van der Waals surface area contributed by atoms with E-state index in [0.29, 0.717) is 23.2 Å². The zero-order chi connectivity index (χ0) is 15.5. The Labute approximate surface area is 123 Å². The fourth-order valence-electron chi connectivity index (χ4n) is 1.97. The van der Waals surface area contributed by atoms with E-state index in [9.17, 15) is 13.2 Å². The molecule has 0 aliphatic rings. The van der Waals surface area contributed by atoms with Crippen molar-refractivity contribution in [2.75, 3.05) is 5.32 Å². The van der Waals surface area contributed by atoms with E-state index in [0.717, 1.165) is 0 Å². The minimum atomic E-state index is -3.81. The summed E-state index contributed by atoms with van der Waals surface area (Å²) < 4.78 is 23.3. The summed E-state index contributed by atoms with van der Waals surface area (Å²) in [7, 11) is -3.81. The first kappa shape index (κ1) is 15.2. The number of primary sulfonamides is 1. The molecule has 0 aromatic heterocycles. The largest absolute Gasteiger partial charge is 0.326 e. The smallest absolute Gasteiger partial charge is 0.238 e. The molecule has 6 heteroatoms. The van der Waals surface area contributed by atoms with Crippen LogP contribution in [0.5, 0.6) is 0 Å². The van der Waals surface area contributed by atoms with Gasteiger partial charge in [-0.1, -0.05) is 37.3 Å². The SMILES string of the molecule is CCC(=O)Nc1cccc(-c2ccccc2S(N)(=O)=O)c1. The molecular weight excluding hydrogens is 288 g/mol. The number of benzene rings is 2. The minimum Gasteiger partial charge on any atom is -0.326 e. The Morgan fingerprint density at radius 2 is 1.86 bits per heavy atom. The van der Waals surface area contributed by atoms with E-state index in [1.807, 2.05) is 0 Å². The van der Waals surface area contributed by atoms with E-state index in [4.69, 9.17) is 5.14 Å². The zero-order valence-electron chi connectivity index (χ0n) is 11.5. The van der Waals surface area contributed by atoms with Gasteiger partial charge in [-0.05, 0) is 23.8 Å². The fraction of sp³-hybridized carbons (Fsp3) is 0.133. The highest BCUT2D eigenvalue weighted by molar-refractivity contribution is 7.89. The molecule has 0 fully saturated rings. The van der Waals surface area contributed by atoms with Crippen LogP contribution in [0, 0.1) is 0 Å². The van der Waals surface area contributed by atoms with Crippen LogP contribution in [-0.4, -0.2) is 14.3 Å². The summed E-state index contributed by atoms with van der Waals surface area (Å²) in [5.41, 5.74) is 1.80. The van der Waals surface area contributed by atoms with E-state index in [1.165, 1.54) is 6.07 Å². The number of hydrogen-bond donors (Lipinski definition) is 2. The van der Waals surface area contributed by atoms with Crippen LogP contribution in [0.25, 0.3) is 11.1 Å². The Morgan fingerprint density at radius 3 is 2.52 bits per heavy atom. The Kier molecular flexibility index (Phi) is 4.40. The van der Waals surface area contributed by atoms with E-state index in [-0.39, 0.29) is 10.8 Å². The number of sulfonamides is 1. The van der Waals surface area contributed by atoms with Crippen LogP contribution in [0.2, 0.25) is 0 Å². The topological polar surface area (TPSA) is 89.3 Å². The minimum absolute atomic E-state index is 0.0592. The van der Waals surface area contributed by atoms with Gasteiger partial charge in [0.05, 0.1) is 4.90 Å². The molecule has 3 N–H and O–H groups in total. The summed E-state index contributed by atoms with van der Waals surface area (Å²) in [5, 5.41) is 7.98. The summed E-state index contributed by atoms with van der Waals surface area (Å²) in [4.78, 5) is 11.5. The Hall–Kier alpha value is -2.18. The fourth-order valence-corrected chi connectivity index (χ4v) is 2.73. The molecule has 110 valence electrons. The Morgan fingerprint density at radius 1 is 1.14 bits per heavy atom. The van der Waals surface area contributed by atoms with Crippen LogP contribution >= 0.6 is 0 Å². The third-order valence-electron chi connectivity index (χ3n) is 2.97. The quantitative estimate of drug-likeness (QED) is 0.908. The number of anilines is 1. The molecule has 0 aliphatic carbocycles. The first-order chi connectivity index (χ1) is 9.91. The maximum Gasteiger partial charge on any atom is 0.238 e. The van der Waals surface area contributed by atoms with Crippen molar-refractivity contribution in [2.24, 2.45) is 5.14 Å². The van der Waals surface area contributed by atoms with Crippen molar-refractivity contribution in [3.8, 4) is 11.1 Å². The molecule has 0 bridgehead atoms. The molecule has 0 atom stereocenters. The summed E-state index contributed by atoms with van der Waals surface area (Å²) in [6, 6.07) is 13.5. The van der Waals surface area contributed by atoms with Crippen molar-refractivity contribution in [1.29, 1.82) is 0 Å².